The van der Waals surface area contributed by atoms with E-state index in [1.54, 1.807) is 26.3 Å². The van der Waals surface area contributed by atoms with Crippen LogP contribution in [0.15, 0.2) is 23.2 Å². The molecule has 1 aromatic rings. The molecule has 0 amide bonds. The van der Waals surface area contributed by atoms with Crippen LogP contribution in [-0.2, 0) is 27.4 Å². The average Bonchev–Trinajstić information content (AvgIpc) is 2.64. The van der Waals surface area contributed by atoms with Gasteiger partial charge in [0.2, 0.25) is 0 Å². The Morgan fingerprint density at radius 2 is 2.04 bits per heavy atom. The number of carbonyl (C=O) groups excluding carboxylic acids is 1. The Morgan fingerprint density at radius 3 is 2.62 bits per heavy atom. The molecule has 6 nitrogen and oxygen atoms in total. The molecule has 26 heavy (non-hydrogen) atoms. The van der Waals surface area contributed by atoms with Crippen molar-refractivity contribution in [1.82, 2.24) is 10.2 Å². The minimum Gasteiger partial charge on any atom is -0.469 e. The molecule has 1 N–H and O–H groups in total. The predicted molar refractivity (Wildman–Crippen MR) is 109 cm³/mol. The number of ether oxygens (including phenoxy) is 2. The van der Waals surface area contributed by atoms with Gasteiger partial charge in [0.05, 0.1) is 19.6 Å². The van der Waals surface area contributed by atoms with E-state index in [9.17, 15) is 9.18 Å². The zero-order chi connectivity index (χ0) is 18.2. The molecule has 1 aliphatic rings. The van der Waals surface area contributed by atoms with Crippen LogP contribution >= 0.6 is 24.0 Å². The lowest BCUT2D eigenvalue weighted by Crippen LogP contribution is -2.46. The molecule has 0 bridgehead atoms. The monoisotopic (exact) mass is 479 g/mol. The normalized spacial score (nSPS) is 15.4. The number of hydrogen-bond donors (Lipinski definition) is 1. The van der Waals surface area contributed by atoms with Gasteiger partial charge in [0.1, 0.15) is 5.82 Å². The van der Waals surface area contributed by atoms with Gasteiger partial charge in [-0.25, -0.2) is 4.39 Å². The van der Waals surface area contributed by atoms with Gasteiger partial charge in [0.15, 0.2) is 5.96 Å². The van der Waals surface area contributed by atoms with Crippen LogP contribution in [-0.4, -0.2) is 51.2 Å². The molecule has 0 radical (unpaired) electrons. The van der Waals surface area contributed by atoms with Crippen LogP contribution < -0.4 is 5.32 Å². The van der Waals surface area contributed by atoms with E-state index in [0.29, 0.717) is 12.1 Å². The minimum absolute atomic E-state index is 0. The highest BCUT2D eigenvalue weighted by Crippen LogP contribution is 2.18. The molecule has 0 saturated carbocycles. The average molecular weight is 479 g/mol. The molecular formula is C18H27FIN3O3. The van der Waals surface area contributed by atoms with E-state index in [1.165, 1.54) is 13.2 Å². The number of piperidine rings is 1. The molecule has 0 aromatic heterocycles. The van der Waals surface area contributed by atoms with Gasteiger partial charge in [0, 0.05) is 39.4 Å². The number of nitrogens with zero attached hydrogens (tertiary/aromatic N) is 2. The minimum atomic E-state index is -0.264. The number of halogens is 2. The van der Waals surface area contributed by atoms with E-state index in [1.807, 2.05) is 0 Å². The summed E-state index contributed by atoms with van der Waals surface area (Å²) in [7, 11) is 4.70. The first-order valence-electron chi connectivity index (χ1n) is 8.38. The standard InChI is InChI=1S/C18H26FN3O3.HI/c1-20-18(22-8-6-14(7-9-22)17(23)25-3)21-11-13-4-5-16(19)15(10-13)12-24-2;/h4-5,10,14H,6-9,11-12H2,1-3H3,(H,20,21);1H. The third-order valence-corrected chi connectivity index (χ3v) is 4.40. The fraction of sp³-hybridized carbons (Fsp3) is 0.556. The van der Waals surface area contributed by atoms with Crippen LogP contribution in [0, 0.1) is 11.7 Å². The van der Waals surface area contributed by atoms with E-state index < -0.39 is 0 Å². The van der Waals surface area contributed by atoms with Crippen molar-refractivity contribution in [1.29, 1.82) is 0 Å². The largest absolute Gasteiger partial charge is 0.469 e. The molecule has 8 heteroatoms. The maximum atomic E-state index is 13.7. The number of methoxy groups -OCH3 is 2. The third kappa shape index (κ3) is 6.08. The third-order valence-electron chi connectivity index (χ3n) is 4.40. The predicted octanol–water partition coefficient (Wildman–Crippen LogP) is 2.55. The number of likely N-dealkylation sites (tertiary alicyclic amines) is 1. The summed E-state index contributed by atoms with van der Waals surface area (Å²) in [6.07, 6.45) is 1.50. The number of guanidine groups is 1. The quantitative estimate of drug-likeness (QED) is 0.305. The summed E-state index contributed by atoms with van der Waals surface area (Å²) < 4.78 is 23.5. The first-order chi connectivity index (χ1) is 12.1. The second kappa shape index (κ2) is 11.3. The molecule has 0 atom stereocenters. The Balaban J connectivity index is 0.00000338. The van der Waals surface area contributed by atoms with Crippen LogP contribution in [0.4, 0.5) is 4.39 Å². The maximum Gasteiger partial charge on any atom is 0.308 e. The smallest absolute Gasteiger partial charge is 0.308 e. The van der Waals surface area contributed by atoms with Crippen molar-refractivity contribution in [3.05, 3.63) is 35.1 Å². The number of benzene rings is 1. The van der Waals surface area contributed by atoms with E-state index in [4.69, 9.17) is 9.47 Å². The Morgan fingerprint density at radius 1 is 1.35 bits per heavy atom. The van der Waals surface area contributed by atoms with E-state index in [-0.39, 0.29) is 48.3 Å². The van der Waals surface area contributed by atoms with Crippen molar-refractivity contribution < 1.29 is 18.7 Å². The Kier molecular flexibility index (Phi) is 9.85. The van der Waals surface area contributed by atoms with Gasteiger partial charge in [-0.1, -0.05) is 6.07 Å². The van der Waals surface area contributed by atoms with Crippen molar-refractivity contribution in [2.24, 2.45) is 10.9 Å². The van der Waals surface area contributed by atoms with E-state index >= 15 is 0 Å². The molecule has 1 aliphatic heterocycles. The van der Waals surface area contributed by atoms with Gasteiger partial charge in [-0.05, 0) is 30.5 Å². The van der Waals surface area contributed by atoms with Gasteiger partial charge in [-0.3, -0.25) is 9.79 Å². The molecule has 0 aliphatic carbocycles. The topological polar surface area (TPSA) is 63.2 Å². The van der Waals surface area contributed by atoms with E-state index in [2.05, 4.69) is 15.2 Å². The molecule has 0 spiro atoms. The van der Waals surface area contributed by atoms with Crippen LogP contribution in [0.2, 0.25) is 0 Å². The number of carbonyl (C=O) groups is 1. The summed E-state index contributed by atoms with van der Waals surface area (Å²) >= 11 is 0. The zero-order valence-electron chi connectivity index (χ0n) is 15.5. The zero-order valence-corrected chi connectivity index (χ0v) is 17.8. The summed E-state index contributed by atoms with van der Waals surface area (Å²) in [5, 5.41) is 3.30. The van der Waals surface area contributed by atoms with Gasteiger partial charge >= 0.3 is 5.97 Å². The summed E-state index contributed by atoms with van der Waals surface area (Å²) in [4.78, 5) is 18.0. The summed E-state index contributed by atoms with van der Waals surface area (Å²) in [5.74, 6) is 0.341. The molecule has 1 saturated heterocycles. The molecule has 146 valence electrons. The fourth-order valence-corrected chi connectivity index (χ4v) is 3.01. The second-order valence-electron chi connectivity index (χ2n) is 6.04. The number of rotatable bonds is 5. The van der Waals surface area contributed by atoms with Gasteiger partial charge in [-0.15, -0.1) is 24.0 Å². The fourth-order valence-electron chi connectivity index (χ4n) is 3.01. The molecule has 1 aromatic carbocycles. The van der Waals surface area contributed by atoms with Gasteiger partial charge < -0.3 is 19.7 Å². The summed E-state index contributed by atoms with van der Waals surface area (Å²) in [5.41, 5.74) is 1.50. The molecular weight excluding hydrogens is 452 g/mol. The van der Waals surface area contributed by atoms with Crippen molar-refractivity contribution in [2.75, 3.05) is 34.4 Å². The SMILES string of the molecule is CN=C(NCc1ccc(F)c(COC)c1)N1CCC(C(=O)OC)CC1.I. The van der Waals surface area contributed by atoms with Crippen LogP contribution in [0.1, 0.15) is 24.0 Å². The van der Waals surface area contributed by atoms with E-state index in [0.717, 1.165) is 37.5 Å². The molecule has 1 fully saturated rings. The molecule has 2 rings (SSSR count). The number of hydrogen-bond acceptors (Lipinski definition) is 4. The maximum absolute atomic E-state index is 13.7. The Bertz CT molecular complexity index is 620. The first-order valence-corrected chi connectivity index (χ1v) is 8.38. The van der Waals surface area contributed by atoms with Crippen molar-refractivity contribution >= 4 is 35.9 Å². The van der Waals surface area contributed by atoms with Crippen molar-refractivity contribution in [3.8, 4) is 0 Å². The molecule has 1 heterocycles. The van der Waals surface area contributed by atoms with Crippen molar-refractivity contribution in [2.45, 2.75) is 26.0 Å². The lowest BCUT2D eigenvalue weighted by molar-refractivity contribution is -0.146. The highest BCUT2D eigenvalue weighted by atomic mass is 127. The van der Waals surface area contributed by atoms with Gasteiger partial charge in [0.25, 0.3) is 0 Å². The number of nitrogens with one attached hydrogen (secondary N) is 1. The summed E-state index contributed by atoms with van der Waals surface area (Å²) in [6, 6.07) is 5.00. The summed E-state index contributed by atoms with van der Waals surface area (Å²) in [6.45, 7) is 2.28. The number of aliphatic imine (C=N–C) groups is 1. The van der Waals surface area contributed by atoms with Gasteiger partial charge in [-0.2, -0.15) is 0 Å². The second-order valence-corrected chi connectivity index (χ2v) is 6.04. The first kappa shape index (κ1) is 22.6. The lowest BCUT2D eigenvalue weighted by Gasteiger charge is -2.33. The van der Waals surface area contributed by atoms with Crippen LogP contribution in [0.25, 0.3) is 0 Å². The Labute approximate surface area is 171 Å². The Hall–Kier alpha value is -1.42. The number of esters is 1. The van der Waals surface area contributed by atoms with Crippen molar-refractivity contribution in [3.63, 3.8) is 0 Å². The highest BCUT2D eigenvalue weighted by molar-refractivity contribution is 14.0. The van der Waals surface area contributed by atoms with Crippen LogP contribution in [0.3, 0.4) is 0 Å². The molecule has 0 unspecified atom stereocenters. The lowest BCUT2D eigenvalue weighted by atomic mass is 9.97. The highest BCUT2D eigenvalue weighted by Gasteiger charge is 2.26. The van der Waals surface area contributed by atoms with Crippen LogP contribution in [0.5, 0.6) is 0 Å².